The van der Waals surface area contributed by atoms with Crippen molar-refractivity contribution in [2.75, 3.05) is 18.1 Å². The topological polar surface area (TPSA) is 21.3 Å². The van der Waals surface area contributed by atoms with E-state index < -0.39 is 0 Å². The minimum absolute atomic E-state index is 0.200. The summed E-state index contributed by atoms with van der Waals surface area (Å²) in [4.78, 5) is 1.49. The van der Waals surface area contributed by atoms with Crippen molar-refractivity contribution in [3.8, 4) is 0 Å². The van der Waals surface area contributed by atoms with Gasteiger partial charge in [0.05, 0.1) is 5.60 Å². The van der Waals surface area contributed by atoms with Crippen molar-refractivity contribution in [2.45, 2.75) is 50.8 Å². The van der Waals surface area contributed by atoms with Gasteiger partial charge in [0.2, 0.25) is 0 Å². The number of hydrogen-bond donors (Lipinski definition) is 1. The fourth-order valence-electron chi connectivity index (χ4n) is 3.12. The molecule has 1 aromatic rings. The van der Waals surface area contributed by atoms with Crippen LogP contribution in [-0.4, -0.2) is 29.8 Å². The molecule has 1 unspecified atom stereocenters. The highest BCUT2D eigenvalue weighted by Crippen LogP contribution is 2.37. The molecule has 3 rings (SSSR count). The van der Waals surface area contributed by atoms with Crippen LogP contribution in [0, 0.1) is 6.92 Å². The summed E-state index contributed by atoms with van der Waals surface area (Å²) < 4.78 is 6.15. The maximum absolute atomic E-state index is 6.15. The van der Waals surface area contributed by atoms with Gasteiger partial charge in [-0.3, -0.25) is 0 Å². The van der Waals surface area contributed by atoms with Crippen LogP contribution in [0.15, 0.2) is 11.4 Å². The average molecular weight is 297 g/mol. The maximum atomic E-state index is 6.15. The van der Waals surface area contributed by atoms with Crippen LogP contribution in [-0.2, 0) is 11.3 Å². The van der Waals surface area contributed by atoms with Gasteiger partial charge in [0, 0.05) is 24.1 Å². The third kappa shape index (κ3) is 3.35. The highest BCUT2D eigenvalue weighted by molar-refractivity contribution is 7.99. The van der Waals surface area contributed by atoms with Gasteiger partial charge in [-0.25, -0.2) is 0 Å². The molecular formula is C15H23NOS2. The van der Waals surface area contributed by atoms with Crippen LogP contribution in [0.5, 0.6) is 0 Å². The van der Waals surface area contributed by atoms with E-state index in [2.05, 4.69) is 35.4 Å². The third-order valence-electron chi connectivity index (χ3n) is 4.42. The molecule has 2 fully saturated rings. The first kappa shape index (κ1) is 13.9. The Morgan fingerprint density at radius 2 is 2.26 bits per heavy atom. The van der Waals surface area contributed by atoms with Gasteiger partial charge in [-0.1, -0.05) is 0 Å². The van der Waals surface area contributed by atoms with Crippen LogP contribution in [0.2, 0.25) is 0 Å². The largest absolute Gasteiger partial charge is 0.375 e. The molecule has 2 saturated heterocycles. The van der Waals surface area contributed by atoms with E-state index in [1.54, 1.807) is 0 Å². The van der Waals surface area contributed by atoms with E-state index >= 15 is 0 Å². The quantitative estimate of drug-likeness (QED) is 0.921. The molecule has 2 aliphatic rings. The van der Waals surface area contributed by atoms with Gasteiger partial charge in [0.15, 0.2) is 0 Å². The SMILES string of the molecule is Cc1ccsc1CNC1CCOC2(CCSCC2)C1. The molecular weight excluding hydrogens is 274 g/mol. The monoisotopic (exact) mass is 297 g/mol. The summed E-state index contributed by atoms with van der Waals surface area (Å²) in [6, 6.07) is 2.85. The summed E-state index contributed by atoms with van der Waals surface area (Å²) in [6.45, 7) is 4.17. The van der Waals surface area contributed by atoms with Crippen molar-refractivity contribution in [2.24, 2.45) is 0 Å². The summed E-state index contributed by atoms with van der Waals surface area (Å²) in [5.41, 5.74) is 1.62. The van der Waals surface area contributed by atoms with Gasteiger partial charge in [-0.05, 0) is 61.1 Å². The summed E-state index contributed by atoms with van der Waals surface area (Å²) in [6.07, 6.45) is 4.86. The van der Waals surface area contributed by atoms with Gasteiger partial charge < -0.3 is 10.1 Å². The lowest BCUT2D eigenvalue weighted by Crippen LogP contribution is -2.48. The Morgan fingerprint density at radius 3 is 3.00 bits per heavy atom. The fourth-order valence-corrected chi connectivity index (χ4v) is 5.21. The molecule has 3 heterocycles. The number of rotatable bonds is 3. The zero-order chi connectivity index (χ0) is 13.1. The van der Waals surface area contributed by atoms with E-state index in [4.69, 9.17) is 4.74 Å². The molecule has 1 spiro atoms. The minimum Gasteiger partial charge on any atom is -0.375 e. The predicted octanol–water partition coefficient (Wildman–Crippen LogP) is 3.59. The van der Waals surface area contributed by atoms with Crippen LogP contribution in [0.1, 0.15) is 36.1 Å². The maximum Gasteiger partial charge on any atom is 0.0713 e. The zero-order valence-corrected chi connectivity index (χ0v) is 13.2. The van der Waals surface area contributed by atoms with Gasteiger partial charge >= 0.3 is 0 Å². The highest BCUT2D eigenvalue weighted by Gasteiger charge is 2.38. The molecule has 0 amide bonds. The van der Waals surface area contributed by atoms with Crippen LogP contribution < -0.4 is 5.32 Å². The smallest absolute Gasteiger partial charge is 0.0713 e. The zero-order valence-electron chi connectivity index (χ0n) is 11.6. The lowest BCUT2D eigenvalue weighted by molar-refractivity contribution is -0.0933. The minimum atomic E-state index is 0.200. The van der Waals surface area contributed by atoms with Crippen molar-refractivity contribution in [3.63, 3.8) is 0 Å². The van der Waals surface area contributed by atoms with Gasteiger partial charge in [0.1, 0.15) is 0 Å². The molecule has 0 aliphatic carbocycles. The van der Waals surface area contributed by atoms with Crippen LogP contribution in [0.25, 0.3) is 0 Å². The normalized spacial score (nSPS) is 26.7. The number of thioether (sulfide) groups is 1. The Kier molecular flexibility index (Phi) is 4.52. The van der Waals surface area contributed by atoms with Crippen molar-refractivity contribution < 1.29 is 4.74 Å². The molecule has 0 bridgehead atoms. The van der Waals surface area contributed by atoms with Crippen molar-refractivity contribution >= 4 is 23.1 Å². The Hall–Kier alpha value is -0.0300. The number of aryl methyl sites for hydroxylation is 1. The van der Waals surface area contributed by atoms with E-state index in [1.165, 1.54) is 47.6 Å². The summed E-state index contributed by atoms with van der Waals surface area (Å²) in [5, 5.41) is 5.95. The molecule has 4 heteroatoms. The van der Waals surface area contributed by atoms with Gasteiger partial charge in [-0.2, -0.15) is 11.8 Å². The number of thiophene rings is 1. The molecule has 106 valence electrons. The molecule has 19 heavy (non-hydrogen) atoms. The van der Waals surface area contributed by atoms with Crippen LogP contribution >= 0.6 is 23.1 Å². The number of nitrogens with one attached hydrogen (secondary N) is 1. The second-order valence-electron chi connectivity index (χ2n) is 5.74. The molecule has 0 aromatic carbocycles. The van der Waals surface area contributed by atoms with E-state index in [1.807, 2.05) is 11.3 Å². The molecule has 0 saturated carbocycles. The average Bonchev–Trinajstić information content (AvgIpc) is 2.83. The fraction of sp³-hybridized carbons (Fsp3) is 0.733. The molecule has 0 radical (unpaired) electrons. The Labute approximate surface area is 124 Å². The van der Waals surface area contributed by atoms with E-state index in [-0.39, 0.29) is 5.60 Å². The highest BCUT2D eigenvalue weighted by atomic mass is 32.2. The standard InChI is InChI=1S/C15H23NOS2/c1-12-3-7-19-14(12)11-16-13-2-6-17-15(10-13)4-8-18-9-5-15/h3,7,13,16H,2,4-6,8-11H2,1H3. The van der Waals surface area contributed by atoms with Gasteiger partial charge in [0.25, 0.3) is 0 Å². The van der Waals surface area contributed by atoms with Crippen molar-refractivity contribution in [1.82, 2.24) is 5.32 Å². The van der Waals surface area contributed by atoms with Gasteiger partial charge in [-0.15, -0.1) is 11.3 Å². The molecule has 2 nitrogen and oxygen atoms in total. The van der Waals surface area contributed by atoms with Crippen LogP contribution in [0.4, 0.5) is 0 Å². The summed E-state index contributed by atoms with van der Waals surface area (Å²) >= 11 is 3.95. The van der Waals surface area contributed by atoms with E-state index in [0.717, 1.165) is 13.2 Å². The molecule has 1 atom stereocenters. The second kappa shape index (κ2) is 6.17. The number of ether oxygens (including phenoxy) is 1. The number of hydrogen-bond acceptors (Lipinski definition) is 4. The van der Waals surface area contributed by atoms with Crippen LogP contribution in [0.3, 0.4) is 0 Å². The Balaban J connectivity index is 1.55. The predicted molar refractivity (Wildman–Crippen MR) is 84.2 cm³/mol. The first-order valence-corrected chi connectivity index (χ1v) is 9.29. The van der Waals surface area contributed by atoms with Crippen molar-refractivity contribution in [1.29, 1.82) is 0 Å². The summed E-state index contributed by atoms with van der Waals surface area (Å²) in [5.74, 6) is 2.55. The van der Waals surface area contributed by atoms with Crippen molar-refractivity contribution in [3.05, 3.63) is 21.9 Å². The third-order valence-corrected chi connectivity index (χ3v) is 6.43. The van der Waals surface area contributed by atoms with E-state index in [9.17, 15) is 0 Å². The molecule has 2 aliphatic heterocycles. The molecule has 1 aromatic heterocycles. The lowest BCUT2D eigenvalue weighted by Gasteiger charge is -2.43. The Morgan fingerprint density at radius 1 is 1.42 bits per heavy atom. The second-order valence-corrected chi connectivity index (χ2v) is 7.97. The lowest BCUT2D eigenvalue weighted by atomic mass is 9.85. The first-order valence-electron chi connectivity index (χ1n) is 7.25. The summed E-state index contributed by atoms with van der Waals surface area (Å²) in [7, 11) is 0. The Bertz CT molecular complexity index is 407. The van der Waals surface area contributed by atoms with E-state index in [0.29, 0.717) is 6.04 Å². The first-order chi connectivity index (χ1) is 9.27. The molecule has 1 N–H and O–H groups in total.